The lowest BCUT2D eigenvalue weighted by Gasteiger charge is -2.05. The molecule has 0 saturated carbocycles. The summed E-state index contributed by atoms with van der Waals surface area (Å²) in [5.74, 6) is -0.713. The van der Waals surface area contributed by atoms with Gasteiger partial charge in [-0.2, -0.15) is 5.26 Å². The van der Waals surface area contributed by atoms with Crippen LogP contribution in [0, 0.1) is 11.3 Å². The normalized spacial score (nSPS) is 10.2. The van der Waals surface area contributed by atoms with Gasteiger partial charge in [0.2, 0.25) is 0 Å². The van der Waals surface area contributed by atoms with Crippen LogP contribution in [0.1, 0.15) is 35.4 Å². The second-order valence-electron chi connectivity index (χ2n) is 4.32. The summed E-state index contributed by atoms with van der Waals surface area (Å²) in [4.78, 5) is 15.0. The highest BCUT2D eigenvalue weighted by molar-refractivity contribution is 5.83. The van der Waals surface area contributed by atoms with Gasteiger partial charge in [0.05, 0.1) is 18.2 Å². The Hall–Kier alpha value is -2.68. The standard InChI is InChI=1S/C14H14N4O2/c1-2-3-12-16-13(14(19)20)17-18(12)11-6-4-10(5-7-11)8-9-15/h4-7H,2-3,8H2,1H3,(H,19,20). The lowest BCUT2D eigenvalue weighted by atomic mass is 10.1. The Morgan fingerprint density at radius 2 is 2.10 bits per heavy atom. The van der Waals surface area contributed by atoms with E-state index in [0.717, 1.165) is 17.7 Å². The Morgan fingerprint density at radius 1 is 1.40 bits per heavy atom. The van der Waals surface area contributed by atoms with E-state index in [0.29, 0.717) is 18.7 Å². The molecule has 102 valence electrons. The molecule has 20 heavy (non-hydrogen) atoms. The van der Waals surface area contributed by atoms with E-state index < -0.39 is 5.97 Å². The van der Waals surface area contributed by atoms with Crippen LogP contribution < -0.4 is 0 Å². The van der Waals surface area contributed by atoms with Crippen LogP contribution in [0.25, 0.3) is 5.69 Å². The molecule has 0 bridgehead atoms. The summed E-state index contributed by atoms with van der Waals surface area (Å²) in [5, 5.41) is 21.6. The van der Waals surface area contributed by atoms with E-state index in [1.165, 1.54) is 0 Å². The predicted octanol–water partition coefficient (Wildman–Crippen LogP) is 1.98. The highest BCUT2D eigenvalue weighted by atomic mass is 16.4. The van der Waals surface area contributed by atoms with Crippen molar-refractivity contribution in [3.63, 3.8) is 0 Å². The van der Waals surface area contributed by atoms with Crippen molar-refractivity contribution in [2.24, 2.45) is 0 Å². The maximum atomic E-state index is 11.0. The van der Waals surface area contributed by atoms with Crippen LogP contribution in [0.15, 0.2) is 24.3 Å². The van der Waals surface area contributed by atoms with Gasteiger partial charge < -0.3 is 5.11 Å². The lowest BCUT2D eigenvalue weighted by Crippen LogP contribution is -2.04. The fourth-order valence-corrected chi connectivity index (χ4v) is 1.87. The fourth-order valence-electron chi connectivity index (χ4n) is 1.87. The van der Waals surface area contributed by atoms with Crippen molar-refractivity contribution in [1.82, 2.24) is 14.8 Å². The van der Waals surface area contributed by atoms with Crippen molar-refractivity contribution in [3.05, 3.63) is 41.5 Å². The molecule has 6 heteroatoms. The summed E-state index contributed by atoms with van der Waals surface area (Å²) in [7, 11) is 0. The van der Waals surface area contributed by atoms with Crippen molar-refractivity contribution in [2.75, 3.05) is 0 Å². The summed E-state index contributed by atoms with van der Waals surface area (Å²) in [6.45, 7) is 2.00. The SMILES string of the molecule is CCCc1nc(C(=O)O)nn1-c1ccc(CC#N)cc1. The molecule has 1 aromatic heterocycles. The molecule has 2 aromatic rings. The first-order valence-electron chi connectivity index (χ1n) is 6.31. The first-order valence-corrected chi connectivity index (χ1v) is 6.31. The average molecular weight is 270 g/mol. The van der Waals surface area contributed by atoms with Gasteiger partial charge in [-0.15, -0.1) is 5.10 Å². The second kappa shape index (κ2) is 5.97. The van der Waals surface area contributed by atoms with E-state index in [4.69, 9.17) is 10.4 Å². The van der Waals surface area contributed by atoms with Gasteiger partial charge in [-0.1, -0.05) is 19.1 Å². The predicted molar refractivity (Wildman–Crippen MR) is 71.6 cm³/mol. The molecule has 1 N–H and O–H groups in total. The van der Waals surface area contributed by atoms with E-state index in [1.807, 2.05) is 31.2 Å². The zero-order valence-corrected chi connectivity index (χ0v) is 11.1. The molecule has 0 aliphatic carbocycles. The molecule has 0 amide bonds. The second-order valence-corrected chi connectivity index (χ2v) is 4.32. The number of aromatic carboxylic acids is 1. The van der Waals surface area contributed by atoms with Crippen LogP contribution in [0.3, 0.4) is 0 Å². The van der Waals surface area contributed by atoms with Gasteiger partial charge in [0, 0.05) is 6.42 Å². The van der Waals surface area contributed by atoms with E-state index in [-0.39, 0.29) is 5.82 Å². The minimum absolute atomic E-state index is 0.199. The van der Waals surface area contributed by atoms with Gasteiger partial charge >= 0.3 is 5.97 Å². The number of carboxylic acid groups (broad SMARTS) is 1. The number of nitrogens with zero attached hydrogens (tertiary/aromatic N) is 4. The minimum atomic E-state index is -1.14. The van der Waals surface area contributed by atoms with Crippen LogP contribution >= 0.6 is 0 Å². The molecular formula is C14H14N4O2. The summed E-state index contributed by atoms with van der Waals surface area (Å²) in [5.41, 5.74) is 1.65. The van der Waals surface area contributed by atoms with Crippen LogP contribution in [0.5, 0.6) is 0 Å². The first kappa shape index (κ1) is 13.7. The van der Waals surface area contributed by atoms with E-state index in [2.05, 4.69) is 16.2 Å². The van der Waals surface area contributed by atoms with Gasteiger partial charge in [-0.05, 0) is 24.1 Å². The number of hydrogen-bond acceptors (Lipinski definition) is 4. The zero-order valence-electron chi connectivity index (χ0n) is 11.1. The Labute approximate surface area is 116 Å². The summed E-state index contributed by atoms with van der Waals surface area (Å²) >= 11 is 0. The molecule has 6 nitrogen and oxygen atoms in total. The molecule has 0 aliphatic rings. The molecule has 1 heterocycles. The van der Waals surface area contributed by atoms with Crippen LogP contribution in [0.4, 0.5) is 0 Å². The molecule has 0 atom stereocenters. The summed E-state index contributed by atoms with van der Waals surface area (Å²) in [6.07, 6.45) is 1.85. The molecule has 0 fully saturated rings. The summed E-state index contributed by atoms with van der Waals surface area (Å²) in [6, 6.07) is 9.36. The Kier molecular flexibility index (Phi) is 4.11. The Morgan fingerprint density at radius 3 is 2.65 bits per heavy atom. The molecular weight excluding hydrogens is 256 g/mol. The maximum Gasteiger partial charge on any atom is 0.375 e. The van der Waals surface area contributed by atoms with Gasteiger partial charge in [-0.25, -0.2) is 14.5 Å². The fraction of sp³-hybridized carbons (Fsp3) is 0.286. The number of carboxylic acids is 1. The van der Waals surface area contributed by atoms with E-state index in [9.17, 15) is 4.79 Å². The van der Waals surface area contributed by atoms with Crippen molar-refractivity contribution in [1.29, 1.82) is 5.26 Å². The number of benzene rings is 1. The molecule has 1 aromatic carbocycles. The first-order chi connectivity index (χ1) is 9.65. The number of nitriles is 1. The number of hydrogen-bond donors (Lipinski definition) is 1. The number of rotatable bonds is 5. The van der Waals surface area contributed by atoms with Gasteiger partial charge in [0.25, 0.3) is 5.82 Å². The largest absolute Gasteiger partial charge is 0.475 e. The van der Waals surface area contributed by atoms with Crippen molar-refractivity contribution in [2.45, 2.75) is 26.2 Å². The van der Waals surface area contributed by atoms with Crippen LogP contribution in [-0.2, 0) is 12.8 Å². The Bertz CT molecular complexity index is 653. The van der Waals surface area contributed by atoms with Crippen LogP contribution in [-0.4, -0.2) is 25.8 Å². The van der Waals surface area contributed by atoms with E-state index in [1.54, 1.807) is 4.68 Å². The molecule has 0 aliphatic heterocycles. The number of carbonyl (C=O) groups is 1. The smallest absolute Gasteiger partial charge is 0.375 e. The highest BCUT2D eigenvalue weighted by Crippen LogP contribution is 2.13. The third kappa shape index (κ3) is 2.83. The lowest BCUT2D eigenvalue weighted by molar-refractivity contribution is 0.0683. The number of aromatic nitrogens is 3. The topological polar surface area (TPSA) is 91.8 Å². The van der Waals surface area contributed by atoms with Crippen molar-refractivity contribution >= 4 is 5.97 Å². The molecule has 2 rings (SSSR count). The quantitative estimate of drug-likeness (QED) is 0.896. The summed E-state index contributed by atoms with van der Waals surface area (Å²) < 4.78 is 1.54. The average Bonchev–Trinajstić information content (AvgIpc) is 2.85. The molecule has 0 radical (unpaired) electrons. The maximum absolute atomic E-state index is 11.0. The number of aryl methyl sites for hydroxylation is 1. The third-order valence-corrected chi connectivity index (χ3v) is 2.80. The van der Waals surface area contributed by atoms with Gasteiger partial charge in [-0.3, -0.25) is 0 Å². The highest BCUT2D eigenvalue weighted by Gasteiger charge is 2.15. The van der Waals surface area contributed by atoms with E-state index >= 15 is 0 Å². The molecule has 0 unspecified atom stereocenters. The van der Waals surface area contributed by atoms with Crippen molar-refractivity contribution < 1.29 is 9.90 Å². The Balaban J connectivity index is 2.39. The molecule has 0 spiro atoms. The van der Waals surface area contributed by atoms with Crippen molar-refractivity contribution in [3.8, 4) is 11.8 Å². The third-order valence-electron chi connectivity index (χ3n) is 2.80. The monoisotopic (exact) mass is 270 g/mol. The minimum Gasteiger partial charge on any atom is -0.475 e. The zero-order chi connectivity index (χ0) is 14.5. The van der Waals surface area contributed by atoms with Gasteiger partial charge in [0.15, 0.2) is 0 Å². The van der Waals surface area contributed by atoms with Gasteiger partial charge in [0.1, 0.15) is 5.82 Å². The molecule has 0 saturated heterocycles. The van der Waals surface area contributed by atoms with Crippen LogP contribution in [0.2, 0.25) is 0 Å².